The van der Waals surface area contributed by atoms with Crippen LogP contribution in [0.1, 0.15) is 0 Å². The summed E-state index contributed by atoms with van der Waals surface area (Å²) in [5, 5.41) is 17.2. The number of hydrogen-bond donors (Lipinski definition) is 2. The first-order chi connectivity index (χ1) is 16.1. The highest BCUT2D eigenvalue weighted by atomic mass is 35.5. The van der Waals surface area contributed by atoms with Crippen LogP contribution in [-0.4, -0.2) is 66.7 Å². The number of anilines is 1. The third kappa shape index (κ3) is 5.34. The predicted octanol–water partition coefficient (Wildman–Crippen LogP) is 2.31. The molecular formula is C20H17Cl2N7O4. The second kappa shape index (κ2) is 10.5. The van der Waals surface area contributed by atoms with E-state index in [9.17, 15) is 4.79 Å². The Morgan fingerprint density at radius 2 is 2.03 bits per heavy atom. The van der Waals surface area contributed by atoms with Gasteiger partial charge in [0.25, 0.3) is 5.91 Å². The summed E-state index contributed by atoms with van der Waals surface area (Å²) in [5.74, 6) is 0.239. The zero-order valence-electron chi connectivity index (χ0n) is 16.9. The number of carbonyl (C=O) groups is 1. The molecule has 11 nitrogen and oxygen atoms in total. The van der Waals surface area contributed by atoms with E-state index in [1.165, 1.54) is 23.4 Å². The number of nitrogens with zero attached hydrogens (tertiary/aromatic N) is 6. The van der Waals surface area contributed by atoms with Crippen LogP contribution in [0.4, 0.5) is 5.82 Å². The highest BCUT2D eigenvalue weighted by molar-refractivity contribution is 6.32. The summed E-state index contributed by atoms with van der Waals surface area (Å²) < 4.78 is 12.7. The van der Waals surface area contributed by atoms with Gasteiger partial charge in [-0.1, -0.05) is 23.2 Å². The molecule has 0 aliphatic carbocycles. The van der Waals surface area contributed by atoms with Crippen LogP contribution in [0.5, 0.6) is 5.88 Å². The number of amides is 1. The molecule has 170 valence electrons. The average molecular weight is 490 g/mol. The van der Waals surface area contributed by atoms with Crippen LogP contribution >= 0.6 is 23.2 Å². The highest BCUT2D eigenvalue weighted by Gasteiger charge is 2.24. The first-order valence-corrected chi connectivity index (χ1v) is 10.4. The monoisotopic (exact) mass is 489 g/mol. The molecule has 13 heteroatoms. The van der Waals surface area contributed by atoms with Gasteiger partial charge in [-0.05, 0) is 24.3 Å². The summed E-state index contributed by atoms with van der Waals surface area (Å²) in [6, 6.07) is 6.52. The summed E-state index contributed by atoms with van der Waals surface area (Å²) in [4.78, 5) is 29.5. The Morgan fingerprint density at radius 1 is 1.15 bits per heavy atom. The molecule has 0 bridgehead atoms. The van der Waals surface area contributed by atoms with Gasteiger partial charge in [-0.25, -0.2) is 19.9 Å². The quantitative estimate of drug-likeness (QED) is 0.339. The van der Waals surface area contributed by atoms with Crippen LogP contribution < -0.4 is 10.1 Å². The molecule has 0 aliphatic heterocycles. The smallest absolute Gasteiger partial charge is 0.269 e. The number of fused-ring (bicyclic) bond motifs is 1. The largest absolute Gasteiger partial charge is 0.461 e. The molecule has 1 unspecified atom stereocenters. The van der Waals surface area contributed by atoms with Crippen LogP contribution in [0, 0.1) is 0 Å². The van der Waals surface area contributed by atoms with E-state index in [1.54, 1.807) is 30.5 Å². The molecule has 4 heterocycles. The summed E-state index contributed by atoms with van der Waals surface area (Å²) >= 11 is 12.1. The molecule has 0 aliphatic rings. The SMILES string of the molecule is O=C(Nc1ccc(Cl)cn1)C(COCCO)Oc1ncnc2c1cnn2-c1ncccc1Cl. The topological polar surface area (TPSA) is 137 Å². The lowest BCUT2D eigenvalue weighted by Gasteiger charge is -2.18. The zero-order valence-corrected chi connectivity index (χ0v) is 18.4. The number of aromatic nitrogens is 6. The Kier molecular flexibility index (Phi) is 7.25. The molecule has 4 aromatic rings. The minimum absolute atomic E-state index is 0.0294. The fourth-order valence-corrected chi connectivity index (χ4v) is 3.13. The maximum atomic E-state index is 12.9. The lowest BCUT2D eigenvalue weighted by molar-refractivity contribution is -0.125. The van der Waals surface area contributed by atoms with Gasteiger partial charge in [0, 0.05) is 12.4 Å². The molecular weight excluding hydrogens is 473 g/mol. The molecule has 0 radical (unpaired) electrons. The zero-order chi connectivity index (χ0) is 23.2. The van der Waals surface area contributed by atoms with Crippen molar-refractivity contribution in [2.24, 2.45) is 0 Å². The molecule has 1 amide bonds. The summed E-state index contributed by atoms with van der Waals surface area (Å²) in [6.07, 6.45) is 4.63. The van der Waals surface area contributed by atoms with Crippen molar-refractivity contribution in [2.45, 2.75) is 6.10 Å². The van der Waals surface area contributed by atoms with Crippen molar-refractivity contribution in [3.8, 4) is 11.7 Å². The second-order valence-electron chi connectivity index (χ2n) is 6.54. The van der Waals surface area contributed by atoms with Crippen molar-refractivity contribution in [3.63, 3.8) is 0 Å². The van der Waals surface area contributed by atoms with E-state index in [2.05, 4.69) is 30.4 Å². The van der Waals surface area contributed by atoms with E-state index in [1.807, 2.05) is 0 Å². The molecule has 0 fully saturated rings. The normalized spacial score (nSPS) is 12.0. The maximum absolute atomic E-state index is 12.9. The molecule has 33 heavy (non-hydrogen) atoms. The van der Waals surface area contributed by atoms with E-state index in [-0.39, 0.29) is 31.5 Å². The van der Waals surface area contributed by atoms with E-state index in [0.29, 0.717) is 26.9 Å². The van der Waals surface area contributed by atoms with Crippen molar-refractivity contribution < 1.29 is 19.4 Å². The lowest BCUT2D eigenvalue weighted by Crippen LogP contribution is -2.37. The molecule has 0 saturated carbocycles. The molecule has 0 saturated heterocycles. The summed E-state index contributed by atoms with van der Waals surface area (Å²) in [7, 11) is 0. The standard InChI is InChI=1S/C20H17Cl2N7O4/c21-12-3-4-16(24-8-12)28-19(31)15(10-32-7-6-30)33-20-13-9-27-29(17(13)25-11-26-20)18-14(22)2-1-5-23-18/h1-5,8-9,11,15,30H,6-7,10H2,(H,24,28,31). The van der Waals surface area contributed by atoms with Gasteiger partial charge in [-0.15, -0.1) is 0 Å². The summed E-state index contributed by atoms with van der Waals surface area (Å²) in [5.41, 5.74) is 0.385. The Hall–Kier alpha value is -3.38. The molecule has 2 N–H and O–H groups in total. The van der Waals surface area contributed by atoms with Crippen LogP contribution in [0.25, 0.3) is 16.9 Å². The average Bonchev–Trinajstić information content (AvgIpc) is 3.25. The van der Waals surface area contributed by atoms with Crippen molar-refractivity contribution in [1.29, 1.82) is 0 Å². The lowest BCUT2D eigenvalue weighted by atomic mass is 10.3. The minimum Gasteiger partial charge on any atom is -0.461 e. The fraction of sp³-hybridized carbons (Fsp3) is 0.200. The predicted molar refractivity (Wildman–Crippen MR) is 120 cm³/mol. The third-order valence-corrected chi connectivity index (χ3v) is 4.82. The number of aliphatic hydroxyl groups is 1. The van der Waals surface area contributed by atoms with Crippen molar-refractivity contribution in [3.05, 3.63) is 59.2 Å². The van der Waals surface area contributed by atoms with Gasteiger partial charge < -0.3 is 19.9 Å². The number of pyridine rings is 2. The van der Waals surface area contributed by atoms with E-state index >= 15 is 0 Å². The highest BCUT2D eigenvalue weighted by Crippen LogP contribution is 2.26. The Labute approximate surface area is 197 Å². The number of halogens is 2. The first-order valence-electron chi connectivity index (χ1n) is 9.64. The molecule has 0 aromatic carbocycles. The van der Waals surface area contributed by atoms with Gasteiger partial charge in [0.15, 0.2) is 11.5 Å². The van der Waals surface area contributed by atoms with Crippen molar-refractivity contribution in [2.75, 3.05) is 25.1 Å². The Balaban J connectivity index is 1.61. The maximum Gasteiger partial charge on any atom is 0.269 e. The van der Waals surface area contributed by atoms with Gasteiger partial charge in [0.05, 0.1) is 36.1 Å². The van der Waals surface area contributed by atoms with E-state index < -0.39 is 12.0 Å². The third-order valence-electron chi connectivity index (χ3n) is 4.30. The van der Waals surface area contributed by atoms with Crippen LogP contribution in [0.15, 0.2) is 49.2 Å². The fourth-order valence-electron chi connectivity index (χ4n) is 2.81. The van der Waals surface area contributed by atoms with Crippen molar-refractivity contribution in [1.82, 2.24) is 29.7 Å². The number of aliphatic hydroxyl groups excluding tert-OH is 1. The van der Waals surface area contributed by atoms with Crippen LogP contribution in [-0.2, 0) is 9.53 Å². The Bertz CT molecular complexity index is 1250. The van der Waals surface area contributed by atoms with Crippen molar-refractivity contribution >= 4 is 46.0 Å². The first kappa shape index (κ1) is 22.8. The molecule has 0 spiro atoms. The van der Waals surface area contributed by atoms with Gasteiger partial charge in [0.1, 0.15) is 17.5 Å². The van der Waals surface area contributed by atoms with Gasteiger partial charge in [-0.3, -0.25) is 4.79 Å². The number of carbonyl (C=O) groups excluding carboxylic acids is 1. The van der Waals surface area contributed by atoms with Gasteiger partial charge in [0.2, 0.25) is 12.0 Å². The van der Waals surface area contributed by atoms with Crippen LogP contribution in [0.3, 0.4) is 0 Å². The second-order valence-corrected chi connectivity index (χ2v) is 7.38. The van der Waals surface area contributed by atoms with E-state index in [0.717, 1.165) is 0 Å². The number of ether oxygens (including phenoxy) is 2. The minimum atomic E-state index is -1.12. The Morgan fingerprint density at radius 3 is 2.79 bits per heavy atom. The van der Waals surface area contributed by atoms with Crippen LogP contribution in [0.2, 0.25) is 10.0 Å². The van der Waals surface area contributed by atoms with Gasteiger partial charge in [-0.2, -0.15) is 9.78 Å². The molecule has 4 aromatic heterocycles. The van der Waals surface area contributed by atoms with Gasteiger partial charge >= 0.3 is 0 Å². The van der Waals surface area contributed by atoms with E-state index in [4.69, 9.17) is 37.8 Å². The molecule has 1 atom stereocenters. The number of rotatable bonds is 9. The number of nitrogens with one attached hydrogen (secondary N) is 1. The number of hydrogen-bond acceptors (Lipinski definition) is 9. The molecule has 4 rings (SSSR count). The summed E-state index contributed by atoms with van der Waals surface area (Å²) in [6.45, 7) is -0.324.